The highest BCUT2D eigenvalue weighted by Gasteiger charge is 2.06. The molecule has 23 heavy (non-hydrogen) atoms. The number of carbonyl (C=O) groups excluding carboxylic acids is 1. The molecule has 0 atom stereocenters. The van der Waals surface area contributed by atoms with Crippen LogP contribution in [0.2, 0.25) is 0 Å². The lowest BCUT2D eigenvalue weighted by Crippen LogP contribution is -2.23. The molecule has 1 heterocycles. The Morgan fingerprint density at radius 3 is 2.78 bits per heavy atom. The number of aromatic nitrogens is 1. The summed E-state index contributed by atoms with van der Waals surface area (Å²) >= 11 is 0. The normalized spacial score (nSPS) is 10.6. The fraction of sp³-hybridized carbons (Fsp3) is 0.333. The van der Waals surface area contributed by atoms with Gasteiger partial charge in [0.05, 0.1) is 11.8 Å². The van der Waals surface area contributed by atoms with Crippen molar-refractivity contribution in [3.63, 3.8) is 0 Å². The standard InChI is InChI=1S/C18H23N3O2/c1-13(2)23-17-7-5-14(10-16(17)19)6-8-18(22)21-12-15-4-3-9-20-11-15/h3-5,7,9-11,13H,6,8,12,19H2,1-2H3,(H,21,22). The smallest absolute Gasteiger partial charge is 0.220 e. The van der Waals surface area contributed by atoms with E-state index in [1.54, 1.807) is 12.4 Å². The van der Waals surface area contributed by atoms with Gasteiger partial charge in [0, 0.05) is 25.4 Å². The molecule has 1 aromatic heterocycles. The molecule has 5 heteroatoms. The van der Waals surface area contributed by atoms with Crippen LogP contribution in [0.1, 0.15) is 31.4 Å². The average Bonchev–Trinajstić information content (AvgIpc) is 2.54. The Labute approximate surface area is 136 Å². The zero-order valence-corrected chi connectivity index (χ0v) is 13.6. The number of nitrogens with one attached hydrogen (secondary N) is 1. The molecule has 0 saturated carbocycles. The first-order chi connectivity index (χ1) is 11.0. The van der Waals surface area contributed by atoms with Gasteiger partial charge < -0.3 is 15.8 Å². The highest BCUT2D eigenvalue weighted by Crippen LogP contribution is 2.24. The van der Waals surface area contributed by atoms with Gasteiger partial charge in [-0.2, -0.15) is 0 Å². The summed E-state index contributed by atoms with van der Waals surface area (Å²) in [5.41, 5.74) is 8.59. The summed E-state index contributed by atoms with van der Waals surface area (Å²) in [7, 11) is 0. The Balaban J connectivity index is 1.81. The predicted molar refractivity (Wildman–Crippen MR) is 91.0 cm³/mol. The number of aryl methyl sites for hydroxylation is 1. The first-order valence-corrected chi connectivity index (χ1v) is 7.75. The third kappa shape index (κ3) is 5.62. The highest BCUT2D eigenvalue weighted by atomic mass is 16.5. The molecule has 3 N–H and O–H groups in total. The van der Waals surface area contributed by atoms with E-state index < -0.39 is 0 Å². The van der Waals surface area contributed by atoms with Crippen molar-refractivity contribution in [1.82, 2.24) is 10.3 Å². The first-order valence-electron chi connectivity index (χ1n) is 7.75. The van der Waals surface area contributed by atoms with Crippen molar-refractivity contribution in [1.29, 1.82) is 0 Å². The van der Waals surface area contributed by atoms with E-state index in [2.05, 4.69) is 10.3 Å². The fourth-order valence-corrected chi connectivity index (χ4v) is 2.16. The van der Waals surface area contributed by atoms with E-state index in [4.69, 9.17) is 10.5 Å². The molecule has 0 unspecified atom stereocenters. The fourth-order valence-electron chi connectivity index (χ4n) is 2.16. The molecule has 0 bridgehead atoms. The quantitative estimate of drug-likeness (QED) is 0.771. The van der Waals surface area contributed by atoms with Crippen LogP contribution in [0.15, 0.2) is 42.7 Å². The summed E-state index contributed by atoms with van der Waals surface area (Å²) in [5, 5.41) is 2.89. The number of pyridine rings is 1. The van der Waals surface area contributed by atoms with Crippen LogP contribution in [0.4, 0.5) is 5.69 Å². The van der Waals surface area contributed by atoms with E-state index >= 15 is 0 Å². The number of ether oxygens (including phenoxy) is 1. The van der Waals surface area contributed by atoms with Gasteiger partial charge >= 0.3 is 0 Å². The Hall–Kier alpha value is -2.56. The topological polar surface area (TPSA) is 77.2 Å². The number of nitrogens with zero attached hydrogens (tertiary/aromatic N) is 1. The molecule has 0 fully saturated rings. The Kier molecular flexibility index (Phi) is 5.97. The number of anilines is 1. The molecule has 0 aliphatic carbocycles. The molecule has 1 amide bonds. The van der Waals surface area contributed by atoms with Gasteiger partial charge in [0.2, 0.25) is 5.91 Å². The van der Waals surface area contributed by atoms with Crippen LogP contribution in [0.5, 0.6) is 5.75 Å². The summed E-state index contributed by atoms with van der Waals surface area (Å²) in [5.74, 6) is 0.694. The van der Waals surface area contributed by atoms with Gasteiger partial charge in [0.15, 0.2) is 0 Å². The Morgan fingerprint density at radius 2 is 2.13 bits per heavy atom. The van der Waals surface area contributed by atoms with Crippen molar-refractivity contribution in [3.05, 3.63) is 53.9 Å². The molecule has 122 valence electrons. The second kappa shape index (κ2) is 8.17. The zero-order chi connectivity index (χ0) is 16.7. The second-order valence-corrected chi connectivity index (χ2v) is 5.68. The number of benzene rings is 1. The number of nitrogen functional groups attached to an aromatic ring is 1. The predicted octanol–water partition coefficient (Wildman–Crippen LogP) is 2.70. The third-order valence-electron chi connectivity index (χ3n) is 3.29. The monoisotopic (exact) mass is 313 g/mol. The number of nitrogens with two attached hydrogens (primary N) is 1. The van der Waals surface area contributed by atoms with Gasteiger partial charge in [-0.05, 0) is 49.6 Å². The number of amides is 1. The summed E-state index contributed by atoms with van der Waals surface area (Å²) in [6.45, 7) is 4.41. The van der Waals surface area contributed by atoms with Crippen LogP contribution < -0.4 is 15.8 Å². The third-order valence-corrected chi connectivity index (χ3v) is 3.29. The Morgan fingerprint density at radius 1 is 1.30 bits per heavy atom. The van der Waals surface area contributed by atoms with Crippen LogP contribution in [-0.4, -0.2) is 17.0 Å². The maximum Gasteiger partial charge on any atom is 0.220 e. The molecular formula is C18H23N3O2. The minimum Gasteiger partial charge on any atom is -0.489 e. The summed E-state index contributed by atoms with van der Waals surface area (Å²) in [4.78, 5) is 15.9. The van der Waals surface area contributed by atoms with Crippen molar-refractivity contribution in [3.8, 4) is 5.75 Å². The maximum absolute atomic E-state index is 11.9. The van der Waals surface area contributed by atoms with Crippen molar-refractivity contribution >= 4 is 11.6 Å². The summed E-state index contributed by atoms with van der Waals surface area (Å²) in [6, 6.07) is 9.46. The van der Waals surface area contributed by atoms with Crippen LogP contribution >= 0.6 is 0 Å². The molecule has 0 radical (unpaired) electrons. The van der Waals surface area contributed by atoms with Gasteiger partial charge in [-0.3, -0.25) is 9.78 Å². The largest absolute Gasteiger partial charge is 0.489 e. The lowest BCUT2D eigenvalue weighted by molar-refractivity contribution is -0.121. The average molecular weight is 313 g/mol. The van der Waals surface area contributed by atoms with E-state index in [1.807, 2.05) is 44.2 Å². The summed E-state index contributed by atoms with van der Waals surface area (Å²) in [6.07, 6.45) is 4.60. The zero-order valence-electron chi connectivity index (χ0n) is 13.6. The molecule has 2 aromatic rings. The van der Waals surface area contributed by atoms with E-state index in [1.165, 1.54) is 0 Å². The Bertz CT molecular complexity index is 642. The molecule has 0 spiro atoms. The lowest BCUT2D eigenvalue weighted by atomic mass is 10.1. The molecule has 0 saturated heterocycles. The van der Waals surface area contributed by atoms with Gasteiger partial charge in [0.1, 0.15) is 5.75 Å². The van der Waals surface area contributed by atoms with E-state index in [0.717, 1.165) is 11.1 Å². The molecule has 5 nitrogen and oxygen atoms in total. The van der Waals surface area contributed by atoms with Crippen molar-refractivity contribution < 1.29 is 9.53 Å². The lowest BCUT2D eigenvalue weighted by Gasteiger charge is -2.13. The van der Waals surface area contributed by atoms with Crippen LogP contribution in [-0.2, 0) is 17.8 Å². The number of hydrogen-bond acceptors (Lipinski definition) is 4. The molecule has 0 aliphatic heterocycles. The molecular weight excluding hydrogens is 290 g/mol. The first kappa shape index (κ1) is 16.8. The highest BCUT2D eigenvalue weighted by molar-refractivity contribution is 5.76. The van der Waals surface area contributed by atoms with Crippen LogP contribution in [0.3, 0.4) is 0 Å². The van der Waals surface area contributed by atoms with E-state index in [-0.39, 0.29) is 12.0 Å². The van der Waals surface area contributed by atoms with E-state index in [9.17, 15) is 4.79 Å². The molecule has 2 rings (SSSR count). The minimum atomic E-state index is 0.00920. The number of hydrogen-bond donors (Lipinski definition) is 2. The van der Waals surface area contributed by atoms with Crippen molar-refractivity contribution in [2.45, 2.75) is 39.3 Å². The van der Waals surface area contributed by atoms with Gasteiger partial charge in [-0.1, -0.05) is 12.1 Å². The molecule has 0 aliphatic rings. The SMILES string of the molecule is CC(C)Oc1ccc(CCC(=O)NCc2cccnc2)cc1N. The van der Waals surface area contributed by atoms with Crippen molar-refractivity contribution in [2.24, 2.45) is 0 Å². The maximum atomic E-state index is 11.9. The second-order valence-electron chi connectivity index (χ2n) is 5.68. The van der Waals surface area contributed by atoms with Crippen LogP contribution in [0, 0.1) is 0 Å². The molecule has 1 aromatic carbocycles. The van der Waals surface area contributed by atoms with E-state index in [0.29, 0.717) is 30.8 Å². The van der Waals surface area contributed by atoms with Gasteiger partial charge in [-0.15, -0.1) is 0 Å². The van der Waals surface area contributed by atoms with Crippen molar-refractivity contribution in [2.75, 3.05) is 5.73 Å². The minimum absolute atomic E-state index is 0.00920. The number of rotatable bonds is 7. The van der Waals surface area contributed by atoms with Gasteiger partial charge in [0.25, 0.3) is 0 Å². The summed E-state index contributed by atoms with van der Waals surface area (Å²) < 4.78 is 5.60. The number of carbonyl (C=O) groups is 1. The van der Waals surface area contributed by atoms with Crippen LogP contribution in [0.25, 0.3) is 0 Å². The van der Waals surface area contributed by atoms with Gasteiger partial charge in [-0.25, -0.2) is 0 Å².